The molecule has 1 amide bonds. The van der Waals surface area contributed by atoms with Crippen molar-refractivity contribution in [2.45, 2.75) is 70.0 Å². The molecule has 6 rings (SSSR count). The zero-order chi connectivity index (χ0) is 20.1. The van der Waals surface area contributed by atoms with E-state index >= 15 is 0 Å². The molecule has 0 radical (unpaired) electrons. The number of amides is 1. The molecule has 1 saturated carbocycles. The number of rotatable bonds is 4. The Hall–Kier alpha value is -2.56. The number of fused-ring (bicyclic) bond motifs is 3. The molecule has 1 aliphatic carbocycles. The van der Waals surface area contributed by atoms with Gasteiger partial charge in [0.1, 0.15) is 0 Å². The molecule has 2 aromatic heterocycles. The van der Waals surface area contributed by atoms with Crippen molar-refractivity contribution in [3.05, 3.63) is 42.9 Å². The van der Waals surface area contributed by atoms with Crippen LogP contribution in [0, 0.1) is 11.8 Å². The van der Waals surface area contributed by atoms with E-state index in [2.05, 4.69) is 50.1 Å². The van der Waals surface area contributed by atoms with Crippen molar-refractivity contribution < 1.29 is 4.79 Å². The highest BCUT2D eigenvalue weighted by molar-refractivity contribution is 5.85. The number of aromatic amines is 1. The fraction of sp³-hybridized carbons (Fsp3) is 0.520. The van der Waals surface area contributed by atoms with Gasteiger partial charge in [0.05, 0.1) is 6.20 Å². The number of H-pyrrole nitrogens is 1. The van der Waals surface area contributed by atoms with Crippen LogP contribution >= 0.6 is 0 Å². The highest BCUT2D eigenvalue weighted by Crippen LogP contribution is 2.44. The molecule has 4 heterocycles. The first-order valence-corrected chi connectivity index (χ1v) is 11.7. The maximum atomic E-state index is 13.3. The molecule has 2 saturated heterocycles. The molecule has 3 unspecified atom stereocenters. The van der Waals surface area contributed by atoms with Crippen LogP contribution in [0.3, 0.4) is 0 Å². The number of hydrogen-bond donors (Lipinski definition) is 1. The third-order valence-electron chi connectivity index (χ3n) is 7.91. The molecule has 3 atom stereocenters. The smallest absolute Gasteiger partial charge is 0.226 e. The summed E-state index contributed by atoms with van der Waals surface area (Å²) >= 11 is 0. The molecule has 3 aromatic rings. The number of aromatic nitrogens is 3. The minimum atomic E-state index is 0.300. The van der Waals surface area contributed by atoms with Gasteiger partial charge in [-0.1, -0.05) is 25.3 Å². The van der Waals surface area contributed by atoms with Crippen molar-refractivity contribution >= 4 is 16.8 Å². The Bertz CT molecular complexity index is 1050. The maximum Gasteiger partial charge on any atom is 0.226 e. The highest BCUT2D eigenvalue weighted by atomic mass is 16.2. The van der Waals surface area contributed by atoms with Gasteiger partial charge in [-0.25, -0.2) is 0 Å². The van der Waals surface area contributed by atoms with E-state index in [9.17, 15) is 4.79 Å². The molecule has 5 heteroatoms. The second kappa shape index (κ2) is 7.29. The van der Waals surface area contributed by atoms with Gasteiger partial charge in [0.15, 0.2) is 0 Å². The molecule has 5 nitrogen and oxygen atoms in total. The van der Waals surface area contributed by atoms with Gasteiger partial charge in [0.2, 0.25) is 5.91 Å². The maximum absolute atomic E-state index is 13.3. The summed E-state index contributed by atoms with van der Waals surface area (Å²) in [6.07, 6.45) is 15.6. The topological polar surface area (TPSA) is 53.9 Å². The second-order valence-corrected chi connectivity index (χ2v) is 9.60. The molecule has 3 fully saturated rings. The Morgan fingerprint density at radius 1 is 1.07 bits per heavy atom. The predicted molar refractivity (Wildman–Crippen MR) is 118 cm³/mol. The van der Waals surface area contributed by atoms with Crippen LogP contribution in [0.5, 0.6) is 0 Å². The molecular formula is C25H30N4O. The molecule has 0 spiro atoms. The van der Waals surface area contributed by atoms with E-state index in [4.69, 9.17) is 0 Å². The van der Waals surface area contributed by atoms with Crippen molar-refractivity contribution in [3.63, 3.8) is 0 Å². The lowest BCUT2D eigenvalue weighted by Crippen LogP contribution is -2.41. The lowest BCUT2D eigenvalue weighted by atomic mass is 9.88. The first-order chi connectivity index (χ1) is 14.8. The van der Waals surface area contributed by atoms with Crippen molar-refractivity contribution in [3.8, 4) is 11.1 Å². The van der Waals surface area contributed by atoms with Gasteiger partial charge < -0.3 is 9.47 Å². The van der Waals surface area contributed by atoms with Crippen LogP contribution in [0.15, 0.2) is 42.9 Å². The first-order valence-electron chi connectivity index (χ1n) is 11.7. The third kappa shape index (κ3) is 2.98. The van der Waals surface area contributed by atoms with Crippen LogP contribution in [0.25, 0.3) is 22.0 Å². The normalized spacial score (nSPS) is 26.7. The van der Waals surface area contributed by atoms with Crippen LogP contribution in [0.1, 0.15) is 51.4 Å². The Kier molecular flexibility index (Phi) is 4.43. The molecular weight excluding hydrogens is 372 g/mol. The number of hydrogen-bond acceptors (Lipinski definition) is 2. The zero-order valence-electron chi connectivity index (χ0n) is 17.5. The summed E-state index contributed by atoms with van der Waals surface area (Å²) in [7, 11) is 0. The molecule has 2 aliphatic heterocycles. The van der Waals surface area contributed by atoms with Crippen molar-refractivity contribution in [1.82, 2.24) is 19.7 Å². The first kappa shape index (κ1) is 18.2. The van der Waals surface area contributed by atoms with E-state index < -0.39 is 0 Å². The predicted octanol–water partition coefficient (Wildman–Crippen LogP) is 4.99. The number of carbonyl (C=O) groups excluding carboxylic acids is 1. The van der Waals surface area contributed by atoms with E-state index in [-0.39, 0.29) is 0 Å². The summed E-state index contributed by atoms with van der Waals surface area (Å²) in [4.78, 5) is 15.6. The average Bonchev–Trinajstić information content (AvgIpc) is 3.58. The van der Waals surface area contributed by atoms with Crippen LogP contribution in [-0.4, -0.2) is 37.7 Å². The molecule has 156 valence electrons. The van der Waals surface area contributed by atoms with Gasteiger partial charge in [-0.2, -0.15) is 5.10 Å². The van der Waals surface area contributed by atoms with Crippen molar-refractivity contribution in [2.24, 2.45) is 11.8 Å². The minimum Gasteiger partial charge on any atom is -0.347 e. The summed E-state index contributed by atoms with van der Waals surface area (Å²) in [5.74, 6) is 1.36. The average molecular weight is 403 g/mol. The van der Waals surface area contributed by atoms with E-state index in [1.165, 1.54) is 55.0 Å². The van der Waals surface area contributed by atoms with Crippen LogP contribution < -0.4 is 0 Å². The SMILES string of the molecule is O=C(C1CCCCC1)N1C2CCC1C(Cn1ccc3cc(-c4cn[nH]c4)ccc31)C2. The van der Waals surface area contributed by atoms with Gasteiger partial charge in [-0.05, 0) is 61.8 Å². The summed E-state index contributed by atoms with van der Waals surface area (Å²) in [6.45, 7) is 1.02. The summed E-state index contributed by atoms with van der Waals surface area (Å²) < 4.78 is 2.41. The van der Waals surface area contributed by atoms with Crippen molar-refractivity contribution in [2.75, 3.05) is 0 Å². The van der Waals surface area contributed by atoms with Crippen LogP contribution in [0.4, 0.5) is 0 Å². The summed E-state index contributed by atoms with van der Waals surface area (Å²) in [5.41, 5.74) is 3.60. The monoisotopic (exact) mass is 402 g/mol. The van der Waals surface area contributed by atoms with Gasteiger partial charge in [-0.15, -0.1) is 0 Å². The van der Waals surface area contributed by atoms with Crippen LogP contribution in [0.2, 0.25) is 0 Å². The Morgan fingerprint density at radius 2 is 1.97 bits per heavy atom. The van der Waals surface area contributed by atoms with E-state index in [1.54, 1.807) is 0 Å². The van der Waals surface area contributed by atoms with Crippen LogP contribution in [-0.2, 0) is 11.3 Å². The van der Waals surface area contributed by atoms with Gasteiger partial charge in [0.25, 0.3) is 0 Å². The highest BCUT2D eigenvalue weighted by Gasteiger charge is 2.49. The third-order valence-corrected chi connectivity index (χ3v) is 7.91. The Balaban J connectivity index is 1.21. The Morgan fingerprint density at radius 3 is 2.80 bits per heavy atom. The number of nitrogens with one attached hydrogen (secondary N) is 1. The molecule has 1 aromatic carbocycles. The summed E-state index contributed by atoms with van der Waals surface area (Å²) in [5, 5.41) is 8.23. The fourth-order valence-corrected chi connectivity index (χ4v) is 6.41. The molecule has 2 bridgehead atoms. The lowest BCUT2D eigenvalue weighted by Gasteiger charge is -2.30. The second-order valence-electron chi connectivity index (χ2n) is 9.60. The number of benzene rings is 1. The zero-order valence-corrected chi connectivity index (χ0v) is 17.5. The Labute approximate surface area is 177 Å². The minimum absolute atomic E-state index is 0.300. The lowest BCUT2D eigenvalue weighted by molar-refractivity contribution is -0.138. The molecule has 3 aliphatic rings. The van der Waals surface area contributed by atoms with E-state index in [0.717, 1.165) is 24.9 Å². The fourth-order valence-electron chi connectivity index (χ4n) is 6.41. The number of carbonyl (C=O) groups is 1. The molecule has 1 N–H and O–H groups in total. The van der Waals surface area contributed by atoms with E-state index in [1.807, 2.05) is 12.4 Å². The van der Waals surface area contributed by atoms with Gasteiger partial charge >= 0.3 is 0 Å². The van der Waals surface area contributed by atoms with E-state index in [0.29, 0.717) is 29.8 Å². The quantitative estimate of drug-likeness (QED) is 0.668. The van der Waals surface area contributed by atoms with Gasteiger partial charge in [0, 0.05) is 53.4 Å². The van der Waals surface area contributed by atoms with Gasteiger partial charge in [-0.3, -0.25) is 9.89 Å². The summed E-state index contributed by atoms with van der Waals surface area (Å²) in [6, 6.07) is 9.82. The standard InChI is InChI=1S/C25H30N4O/c30-25(17-4-2-1-3-5-17)29-22-7-9-24(29)20(13-22)16-28-11-10-19-12-18(6-8-23(19)28)21-14-26-27-15-21/h6,8,10-12,14-15,17,20,22,24H,1-5,7,9,13,16H2,(H,26,27). The largest absolute Gasteiger partial charge is 0.347 e. The molecule has 30 heavy (non-hydrogen) atoms. The number of nitrogens with zero attached hydrogens (tertiary/aromatic N) is 3. The van der Waals surface area contributed by atoms with Crippen molar-refractivity contribution in [1.29, 1.82) is 0 Å².